The van der Waals surface area contributed by atoms with Crippen LogP contribution >= 0.6 is 27.5 Å². The Bertz CT molecular complexity index is 413. The number of carbonyl (C=O) groups is 1. The van der Waals surface area contributed by atoms with E-state index in [1.807, 2.05) is 0 Å². The molecule has 0 saturated carbocycles. The summed E-state index contributed by atoms with van der Waals surface area (Å²) in [6.07, 6.45) is 2.06. The topological polar surface area (TPSA) is 38.3 Å². The Hall–Kier alpha value is -0.580. The molecule has 2 rings (SSSR count). The van der Waals surface area contributed by atoms with Gasteiger partial charge in [-0.2, -0.15) is 0 Å². The van der Waals surface area contributed by atoms with Gasteiger partial charge in [-0.15, -0.1) is 0 Å². The minimum atomic E-state index is -0.0860. The summed E-state index contributed by atoms with van der Waals surface area (Å²) >= 11 is 9.23. The van der Waals surface area contributed by atoms with Gasteiger partial charge >= 0.3 is 0 Å². The molecule has 1 saturated heterocycles. The Balaban J connectivity index is 1.83. The third kappa shape index (κ3) is 3.97. The molecule has 1 heterocycles. The number of amides is 1. The first-order chi connectivity index (χ1) is 8.65. The van der Waals surface area contributed by atoms with Crippen molar-refractivity contribution in [1.29, 1.82) is 0 Å². The molecule has 3 nitrogen and oxygen atoms in total. The standard InChI is InChI=1S/C13H15BrClNO2/c14-11-5-10(6-12(15)7-11)13(17)16-3-1-9-2-4-18-8-9/h5-7,9H,1-4,8H2,(H,16,17). The predicted molar refractivity (Wildman–Crippen MR) is 75.0 cm³/mol. The molecule has 0 aromatic heterocycles. The van der Waals surface area contributed by atoms with Crippen molar-refractivity contribution in [3.8, 4) is 0 Å². The Morgan fingerprint density at radius 2 is 2.33 bits per heavy atom. The number of hydrogen-bond acceptors (Lipinski definition) is 2. The summed E-state index contributed by atoms with van der Waals surface area (Å²) in [6.45, 7) is 2.34. The molecular formula is C13H15BrClNO2. The van der Waals surface area contributed by atoms with E-state index in [-0.39, 0.29) is 5.91 Å². The Kier molecular flexibility index (Phi) is 5.03. The number of rotatable bonds is 4. The monoisotopic (exact) mass is 331 g/mol. The number of carbonyl (C=O) groups excluding carboxylic acids is 1. The summed E-state index contributed by atoms with van der Waals surface area (Å²) < 4.78 is 6.10. The van der Waals surface area contributed by atoms with Crippen molar-refractivity contribution >= 4 is 33.4 Å². The van der Waals surface area contributed by atoms with Gasteiger partial charge in [-0.05, 0) is 37.0 Å². The number of benzene rings is 1. The van der Waals surface area contributed by atoms with Crippen LogP contribution in [0, 0.1) is 5.92 Å². The zero-order valence-corrected chi connectivity index (χ0v) is 12.3. The zero-order chi connectivity index (χ0) is 13.0. The molecule has 1 fully saturated rings. The van der Waals surface area contributed by atoms with Crippen LogP contribution in [0.15, 0.2) is 22.7 Å². The Morgan fingerprint density at radius 1 is 1.50 bits per heavy atom. The number of hydrogen-bond donors (Lipinski definition) is 1. The smallest absolute Gasteiger partial charge is 0.251 e. The second-order valence-electron chi connectivity index (χ2n) is 4.43. The first-order valence-electron chi connectivity index (χ1n) is 5.97. The van der Waals surface area contributed by atoms with Crippen LogP contribution in [0.3, 0.4) is 0 Å². The van der Waals surface area contributed by atoms with E-state index in [4.69, 9.17) is 16.3 Å². The summed E-state index contributed by atoms with van der Waals surface area (Å²) in [4.78, 5) is 11.9. The highest BCUT2D eigenvalue weighted by Crippen LogP contribution is 2.20. The van der Waals surface area contributed by atoms with Crippen molar-refractivity contribution < 1.29 is 9.53 Å². The highest BCUT2D eigenvalue weighted by Gasteiger charge is 2.15. The second kappa shape index (κ2) is 6.55. The molecule has 0 radical (unpaired) electrons. The van der Waals surface area contributed by atoms with Gasteiger partial charge < -0.3 is 10.1 Å². The molecule has 18 heavy (non-hydrogen) atoms. The lowest BCUT2D eigenvalue weighted by Gasteiger charge is -2.09. The van der Waals surface area contributed by atoms with Gasteiger partial charge in [-0.3, -0.25) is 4.79 Å². The van der Waals surface area contributed by atoms with Crippen LogP contribution in [0.25, 0.3) is 0 Å². The van der Waals surface area contributed by atoms with E-state index in [9.17, 15) is 4.79 Å². The molecule has 1 aliphatic heterocycles. The van der Waals surface area contributed by atoms with Gasteiger partial charge in [0, 0.05) is 34.8 Å². The lowest BCUT2D eigenvalue weighted by molar-refractivity contribution is 0.0950. The van der Waals surface area contributed by atoms with Crippen LogP contribution in [-0.4, -0.2) is 25.7 Å². The molecule has 98 valence electrons. The average molecular weight is 333 g/mol. The minimum absolute atomic E-state index is 0.0860. The van der Waals surface area contributed by atoms with Crippen LogP contribution in [-0.2, 0) is 4.74 Å². The lowest BCUT2D eigenvalue weighted by Crippen LogP contribution is -2.26. The van der Waals surface area contributed by atoms with Crippen LogP contribution in [0.5, 0.6) is 0 Å². The molecule has 1 amide bonds. The van der Waals surface area contributed by atoms with Gasteiger partial charge in [-0.1, -0.05) is 27.5 Å². The van der Waals surface area contributed by atoms with Gasteiger partial charge in [0.25, 0.3) is 5.91 Å². The van der Waals surface area contributed by atoms with Gasteiger partial charge in [-0.25, -0.2) is 0 Å². The minimum Gasteiger partial charge on any atom is -0.381 e. The van der Waals surface area contributed by atoms with E-state index in [0.717, 1.165) is 30.5 Å². The maximum Gasteiger partial charge on any atom is 0.251 e. The van der Waals surface area contributed by atoms with Crippen molar-refractivity contribution in [2.24, 2.45) is 5.92 Å². The quantitative estimate of drug-likeness (QED) is 0.919. The molecule has 1 aliphatic rings. The normalized spacial score (nSPS) is 18.9. The zero-order valence-electron chi connectivity index (χ0n) is 9.92. The fourth-order valence-corrected chi connectivity index (χ4v) is 2.85. The summed E-state index contributed by atoms with van der Waals surface area (Å²) in [6, 6.07) is 5.19. The second-order valence-corrected chi connectivity index (χ2v) is 5.78. The summed E-state index contributed by atoms with van der Waals surface area (Å²) in [7, 11) is 0. The maximum absolute atomic E-state index is 11.9. The molecular weight excluding hydrogens is 318 g/mol. The molecule has 0 bridgehead atoms. The van der Waals surface area contributed by atoms with E-state index < -0.39 is 0 Å². The summed E-state index contributed by atoms with van der Waals surface area (Å²) in [5.74, 6) is 0.494. The summed E-state index contributed by atoms with van der Waals surface area (Å²) in [5.41, 5.74) is 0.581. The number of nitrogens with one attached hydrogen (secondary N) is 1. The molecule has 1 atom stereocenters. The molecule has 1 unspecified atom stereocenters. The lowest BCUT2D eigenvalue weighted by atomic mass is 10.1. The third-order valence-electron chi connectivity index (χ3n) is 2.99. The van der Waals surface area contributed by atoms with E-state index in [2.05, 4.69) is 21.2 Å². The SMILES string of the molecule is O=C(NCCC1CCOC1)c1cc(Cl)cc(Br)c1. The first kappa shape index (κ1) is 13.8. The first-order valence-corrected chi connectivity index (χ1v) is 7.14. The van der Waals surface area contributed by atoms with Crippen molar-refractivity contribution in [2.75, 3.05) is 19.8 Å². The van der Waals surface area contributed by atoms with Crippen molar-refractivity contribution in [3.05, 3.63) is 33.3 Å². The fourth-order valence-electron chi connectivity index (χ4n) is 1.99. The van der Waals surface area contributed by atoms with E-state index >= 15 is 0 Å². The summed E-state index contributed by atoms with van der Waals surface area (Å²) in [5, 5.41) is 3.46. The van der Waals surface area contributed by atoms with Crippen LogP contribution in [0.1, 0.15) is 23.2 Å². The molecule has 0 aliphatic carbocycles. The molecule has 1 aromatic carbocycles. The van der Waals surface area contributed by atoms with Crippen molar-refractivity contribution in [3.63, 3.8) is 0 Å². The largest absolute Gasteiger partial charge is 0.381 e. The Labute approximate surface area is 120 Å². The highest BCUT2D eigenvalue weighted by atomic mass is 79.9. The van der Waals surface area contributed by atoms with Gasteiger partial charge in [0.15, 0.2) is 0 Å². The van der Waals surface area contributed by atoms with Crippen LogP contribution in [0.4, 0.5) is 0 Å². The number of ether oxygens (including phenoxy) is 1. The van der Waals surface area contributed by atoms with E-state index in [1.54, 1.807) is 18.2 Å². The van der Waals surface area contributed by atoms with Gasteiger partial charge in [0.1, 0.15) is 0 Å². The fraction of sp³-hybridized carbons (Fsp3) is 0.462. The number of halogens is 2. The van der Waals surface area contributed by atoms with Crippen molar-refractivity contribution in [2.45, 2.75) is 12.8 Å². The molecule has 1 N–H and O–H groups in total. The Morgan fingerprint density at radius 3 is 3.00 bits per heavy atom. The molecule has 1 aromatic rings. The highest BCUT2D eigenvalue weighted by molar-refractivity contribution is 9.10. The molecule has 5 heteroatoms. The van der Waals surface area contributed by atoms with Crippen LogP contribution < -0.4 is 5.32 Å². The van der Waals surface area contributed by atoms with Crippen LogP contribution in [0.2, 0.25) is 5.02 Å². The average Bonchev–Trinajstić information content (AvgIpc) is 2.80. The van der Waals surface area contributed by atoms with Gasteiger partial charge in [0.2, 0.25) is 0 Å². The van der Waals surface area contributed by atoms with E-state index in [1.165, 1.54) is 0 Å². The van der Waals surface area contributed by atoms with Crippen molar-refractivity contribution in [1.82, 2.24) is 5.32 Å². The van der Waals surface area contributed by atoms with E-state index in [0.29, 0.717) is 23.0 Å². The molecule has 0 spiro atoms. The maximum atomic E-state index is 11.9. The third-order valence-corrected chi connectivity index (χ3v) is 3.66. The predicted octanol–water partition coefficient (Wildman–Crippen LogP) is 3.26. The van der Waals surface area contributed by atoms with Gasteiger partial charge in [0.05, 0.1) is 0 Å².